The minimum absolute atomic E-state index is 0.229. The number of nitrogens with two attached hydrogens (primary N) is 1. The zero-order valence-corrected chi connectivity index (χ0v) is 20.3. The molecule has 7 heteroatoms. The van der Waals surface area contributed by atoms with Crippen molar-refractivity contribution in [1.82, 2.24) is 4.98 Å². The highest BCUT2D eigenvalue weighted by atomic mass is 19.1. The predicted molar refractivity (Wildman–Crippen MR) is 129 cm³/mol. The number of aromatic nitrogens is 1. The van der Waals surface area contributed by atoms with E-state index in [0.717, 1.165) is 12.0 Å². The van der Waals surface area contributed by atoms with Crippen LogP contribution in [0.3, 0.4) is 0 Å². The van der Waals surface area contributed by atoms with Gasteiger partial charge in [0.2, 0.25) is 0 Å². The molecule has 0 aliphatic heterocycles. The molecule has 0 fully saturated rings. The van der Waals surface area contributed by atoms with Gasteiger partial charge in [-0.2, -0.15) is 0 Å². The Morgan fingerprint density at radius 1 is 1.13 bits per heavy atom. The van der Waals surface area contributed by atoms with E-state index in [4.69, 9.17) is 5.73 Å². The number of nitrogens with one attached hydrogen (secondary N) is 1. The van der Waals surface area contributed by atoms with E-state index in [2.05, 4.69) is 49.9 Å². The van der Waals surface area contributed by atoms with Gasteiger partial charge < -0.3 is 11.1 Å². The lowest BCUT2D eigenvalue weighted by atomic mass is 10.1. The highest BCUT2D eigenvalue weighted by Gasteiger charge is 2.16. The van der Waals surface area contributed by atoms with E-state index < -0.39 is 17.5 Å². The van der Waals surface area contributed by atoms with Crippen molar-refractivity contribution in [3.63, 3.8) is 0 Å². The van der Waals surface area contributed by atoms with E-state index >= 15 is 0 Å². The van der Waals surface area contributed by atoms with Crippen molar-refractivity contribution in [3.05, 3.63) is 53.2 Å². The van der Waals surface area contributed by atoms with E-state index in [9.17, 15) is 13.6 Å². The minimum Gasteiger partial charge on any atom is -0.396 e. The number of nitrogens with zero attached hydrogens (tertiary/aromatic N) is 2. The molecule has 174 valence electrons. The molecular weight excluding hydrogens is 398 g/mol. The summed E-state index contributed by atoms with van der Waals surface area (Å²) >= 11 is 0. The zero-order valence-electron chi connectivity index (χ0n) is 20.3. The van der Waals surface area contributed by atoms with Gasteiger partial charge in [-0.15, -0.1) is 0 Å². The van der Waals surface area contributed by atoms with Gasteiger partial charge in [-0.25, -0.2) is 13.8 Å². The maximum absolute atomic E-state index is 13.6. The predicted octanol–water partition coefficient (Wildman–Crippen LogP) is 6.74. The largest absolute Gasteiger partial charge is 0.396 e. The van der Waals surface area contributed by atoms with Crippen molar-refractivity contribution in [2.24, 2.45) is 10.9 Å². The number of halogens is 2. The second-order valence-corrected chi connectivity index (χ2v) is 6.96. The number of rotatable bonds is 3. The Kier molecular flexibility index (Phi) is 16.6. The van der Waals surface area contributed by atoms with Gasteiger partial charge >= 0.3 is 0 Å². The first-order valence-electron chi connectivity index (χ1n) is 10.5. The standard InChI is InChI=1S/C15H14F2N4O.C4H10.C3H8.C2H6/c1-8(19-2)13-4-3-5-14(20-13)21-15(22)9-6-12(18)11(17)7-10(9)16;1-4(2)3;1-3-2;1-2/h3-7H,18H2,1-2H3,(H,20,21,22);4H,1-3H3;3H2,1-2H3;1-2H3. The number of carbonyl (C=O) groups is 1. The third-order valence-corrected chi connectivity index (χ3v) is 3.03. The first-order valence-corrected chi connectivity index (χ1v) is 10.5. The monoisotopic (exact) mass is 436 g/mol. The third-order valence-electron chi connectivity index (χ3n) is 3.03. The number of hydrogen-bond acceptors (Lipinski definition) is 4. The van der Waals surface area contributed by atoms with E-state index in [1.165, 1.54) is 6.42 Å². The normalized spacial score (nSPS) is 10.0. The Morgan fingerprint density at radius 2 is 1.65 bits per heavy atom. The van der Waals surface area contributed by atoms with Crippen molar-refractivity contribution in [3.8, 4) is 0 Å². The maximum atomic E-state index is 13.6. The fourth-order valence-corrected chi connectivity index (χ4v) is 1.74. The van der Waals surface area contributed by atoms with E-state index in [-0.39, 0.29) is 17.1 Å². The summed E-state index contributed by atoms with van der Waals surface area (Å²) in [6.07, 6.45) is 1.25. The number of carbonyl (C=O) groups excluding carboxylic acids is 1. The SMILES string of the molecule is CC.CC(C)C.CCC.CN=C(C)c1cccc(NC(=O)c2cc(N)c(F)cc2F)n1. The Hall–Kier alpha value is -2.83. The van der Waals surface area contributed by atoms with Gasteiger partial charge in [-0.05, 0) is 31.0 Å². The Labute approximate surface area is 186 Å². The summed E-state index contributed by atoms with van der Waals surface area (Å²) in [5.74, 6) is -1.61. The van der Waals surface area contributed by atoms with Crippen molar-refractivity contribution in [2.75, 3.05) is 18.1 Å². The Balaban J connectivity index is 0. The molecule has 0 saturated heterocycles. The number of nitrogen functional groups attached to an aromatic ring is 1. The van der Waals surface area contributed by atoms with Crippen LogP contribution >= 0.6 is 0 Å². The van der Waals surface area contributed by atoms with Gasteiger partial charge in [-0.3, -0.25) is 9.79 Å². The molecule has 0 spiro atoms. The molecule has 1 aromatic heterocycles. The quantitative estimate of drug-likeness (QED) is 0.413. The summed E-state index contributed by atoms with van der Waals surface area (Å²) in [6, 6.07) is 6.48. The molecule has 31 heavy (non-hydrogen) atoms. The van der Waals surface area contributed by atoms with Gasteiger partial charge in [0.05, 0.1) is 22.7 Å². The molecule has 5 nitrogen and oxygen atoms in total. The molecular formula is C24H38F2N4O. The van der Waals surface area contributed by atoms with E-state index in [1.54, 1.807) is 32.2 Å². The lowest BCUT2D eigenvalue weighted by molar-refractivity contribution is 0.102. The van der Waals surface area contributed by atoms with E-state index in [1.807, 2.05) is 13.8 Å². The number of anilines is 2. The van der Waals surface area contributed by atoms with E-state index in [0.29, 0.717) is 17.5 Å². The van der Waals surface area contributed by atoms with Gasteiger partial charge in [-0.1, -0.05) is 61.0 Å². The molecule has 1 amide bonds. The van der Waals surface area contributed by atoms with Crippen molar-refractivity contribution >= 4 is 23.1 Å². The minimum atomic E-state index is -0.994. The van der Waals surface area contributed by atoms with Gasteiger partial charge in [0.1, 0.15) is 17.5 Å². The maximum Gasteiger partial charge on any atom is 0.259 e. The summed E-state index contributed by atoms with van der Waals surface area (Å²) < 4.78 is 26.8. The number of benzene rings is 1. The molecule has 0 atom stereocenters. The van der Waals surface area contributed by atoms with Crippen LogP contribution in [0.5, 0.6) is 0 Å². The fourth-order valence-electron chi connectivity index (χ4n) is 1.74. The summed E-state index contributed by atoms with van der Waals surface area (Å²) in [5.41, 5.74) is 5.96. The van der Waals surface area contributed by atoms with Crippen molar-refractivity contribution in [2.45, 2.75) is 61.8 Å². The second kappa shape index (κ2) is 16.9. The lowest BCUT2D eigenvalue weighted by Crippen LogP contribution is -2.16. The highest BCUT2D eigenvalue weighted by Crippen LogP contribution is 2.18. The lowest BCUT2D eigenvalue weighted by Gasteiger charge is -2.08. The topological polar surface area (TPSA) is 80.4 Å². The highest BCUT2D eigenvalue weighted by molar-refractivity contribution is 6.05. The molecule has 0 unspecified atom stereocenters. The third kappa shape index (κ3) is 12.5. The molecule has 0 radical (unpaired) electrons. The molecule has 0 saturated carbocycles. The number of hydrogen-bond donors (Lipinski definition) is 2. The molecule has 2 rings (SSSR count). The van der Waals surface area contributed by atoms with Crippen molar-refractivity contribution in [1.29, 1.82) is 0 Å². The first kappa shape index (κ1) is 30.4. The Bertz CT molecular complexity index is 818. The van der Waals surface area contributed by atoms with Gasteiger partial charge in [0.15, 0.2) is 0 Å². The molecule has 0 aliphatic rings. The Morgan fingerprint density at radius 3 is 2.13 bits per heavy atom. The summed E-state index contributed by atoms with van der Waals surface area (Å²) in [7, 11) is 1.62. The summed E-state index contributed by atoms with van der Waals surface area (Å²) in [6.45, 7) is 16.5. The van der Waals surface area contributed by atoms with Crippen LogP contribution in [0, 0.1) is 17.6 Å². The summed E-state index contributed by atoms with van der Waals surface area (Å²) in [4.78, 5) is 20.2. The second-order valence-electron chi connectivity index (χ2n) is 6.96. The molecule has 1 aromatic carbocycles. The first-order chi connectivity index (χ1) is 14.6. The molecule has 3 N–H and O–H groups in total. The van der Waals surface area contributed by atoms with Crippen molar-refractivity contribution < 1.29 is 13.6 Å². The molecule has 1 heterocycles. The van der Waals surface area contributed by atoms with Crippen LogP contribution in [0.4, 0.5) is 20.3 Å². The average molecular weight is 437 g/mol. The number of aliphatic imine (C=N–C) groups is 1. The van der Waals surface area contributed by atoms with Crippen LogP contribution in [0.25, 0.3) is 0 Å². The van der Waals surface area contributed by atoms with Crippen LogP contribution in [-0.2, 0) is 0 Å². The van der Waals surface area contributed by atoms with Gasteiger partial charge in [0.25, 0.3) is 5.91 Å². The zero-order chi connectivity index (χ0) is 24.6. The fraction of sp³-hybridized carbons (Fsp3) is 0.458. The van der Waals surface area contributed by atoms with Crippen LogP contribution in [-0.4, -0.2) is 23.7 Å². The molecule has 0 bridgehead atoms. The average Bonchev–Trinajstić information content (AvgIpc) is 2.72. The van der Waals surface area contributed by atoms with Gasteiger partial charge in [0, 0.05) is 13.1 Å². The summed E-state index contributed by atoms with van der Waals surface area (Å²) in [5, 5.41) is 2.44. The number of pyridine rings is 1. The van der Waals surface area contributed by atoms with Crippen LogP contribution < -0.4 is 11.1 Å². The van der Waals surface area contributed by atoms with Crippen LogP contribution in [0.1, 0.15) is 77.9 Å². The molecule has 0 aliphatic carbocycles. The van der Waals surface area contributed by atoms with Crippen LogP contribution in [0.2, 0.25) is 0 Å². The number of amides is 1. The smallest absolute Gasteiger partial charge is 0.259 e. The molecule has 2 aromatic rings. The van der Waals surface area contributed by atoms with Crippen LogP contribution in [0.15, 0.2) is 35.3 Å².